The predicted octanol–water partition coefficient (Wildman–Crippen LogP) is 5.01. The summed E-state index contributed by atoms with van der Waals surface area (Å²) in [6.07, 6.45) is 0. The van der Waals surface area contributed by atoms with Crippen LogP contribution in [0.5, 0.6) is 0 Å². The number of benzene rings is 2. The zero-order valence-corrected chi connectivity index (χ0v) is 15.6. The summed E-state index contributed by atoms with van der Waals surface area (Å²) < 4.78 is 27.3. The molecule has 0 fully saturated rings. The van der Waals surface area contributed by atoms with Crippen molar-refractivity contribution in [3.05, 3.63) is 65.2 Å². The second-order valence-electron chi connectivity index (χ2n) is 7.07. The van der Waals surface area contributed by atoms with E-state index < -0.39 is 23.2 Å². The number of nitrogens with one attached hydrogen (secondary N) is 2. The topological polar surface area (TPSA) is 41.1 Å². The number of carbonyl (C=O) groups excluding carboxylic acids is 1. The van der Waals surface area contributed by atoms with Crippen molar-refractivity contribution in [3.8, 4) is 0 Å². The minimum absolute atomic E-state index is 0.0348. The lowest BCUT2D eigenvalue weighted by atomic mass is 9.93. The van der Waals surface area contributed by atoms with E-state index in [4.69, 9.17) is 0 Å². The number of anilines is 1. The number of amides is 1. The lowest BCUT2D eigenvalue weighted by Gasteiger charge is -2.23. The highest BCUT2D eigenvalue weighted by atomic mass is 19.1. The summed E-state index contributed by atoms with van der Waals surface area (Å²) in [4.78, 5) is 12.1. The normalized spacial score (nSPS) is 12.5. The minimum Gasteiger partial charge on any atom is -0.320 e. The maximum absolute atomic E-state index is 13.6. The van der Waals surface area contributed by atoms with Gasteiger partial charge in [0.15, 0.2) is 0 Å². The molecule has 0 heterocycles. The molecule has 2 aromatic carbocycles. The van der Waals surface area contributed by atoms with Crippen LogP contribution in [0, 0.1) is 17.6 Å². The quantitative estimate of drug-likeness (QED) is 0.728. The third-order valence-electron chi connectivity index (χ3n) is 4.34. The maximum atomic E-state index is 13.6. The standard InChI is InChI=1S/C21H26F2N2O/c1-13(2)15-8-10-16(11-9-15)20(14(3)4)24-12-19(26)25-21-17(22)6-5-7-18(21)23/h5-11,13-14,20,24H,12H2,1-4H3,(H,25,26)/t20-/m0/s1. The monoisotopic (exact) mass is 360 g/mol. The maximum Gasteiger partial charge on any atom is 0.238 e. The highest BCUT2D eigenvalue weighted by molar-refractivity contribution is 5.92. The van der Waals surface area contributed by atoms with Gasteiger partial charge in [-0.3, -0.25) is 4.79 Å². The van der Waals surface area contributed by atoms with Gasteiger partial charge in [-0.15, -0.1) is 0 Å². The number of rotatable bonds is 7. The lowest BCUT2D eigenvalue weighted by Crippen LogP contribution is -2.34. The van der Waals surface area contributed by atoms with Crippen LogP contribution in [0.3, 0.4) is 0 Å². The van der Waals surface area contributed by atoms with Crippen LogP contribution in [-0.2, 0) is 4.79 Å². The third kappa shape index (κ3) is 5.11. The zero-order valence-electron chi connectivity index (χ0n) is 15.6. The van der Waals surface area contributed by atoms with Crippen molar-refractivity contribution in [2.45, 2.75) is 39.7 Å². The molecule has 0 aromatic heterocycles. The van der Waals surface area contributed by atoms with Crippen molar-refractivity contribution in [1.82, 2.24) is 5.32 Å². The Hall–Kier alpha value is -2.27. The number of para-hydroxylation sites is 1. The summed E-state index contributed by atoms with van der Waals surface area (Å²) in [7, 11) is 0. The van der Waals surface area contributed by atoms with Gasteiger partial charge >= 0.3 is 0 Å². The third-order valence-corrected chi connectivity index (χ3v) is 4.34. The number of carbonyl (C=O) groups is 1. The van der Waals surface area contributed by atoms with Crippen molar-refractivity contribution in [3.63, 3.8) is 0 Å². The van der Waals surface area contributed by atoms with Crippen molar-refractivity contribution >= 4 is 11.6 Å². The Labute approximate surface area is 153 Å². The van der Waals surface area contributed by atoms with Crippen LogP contribution in [0.2, 0.25) is 0 Å². The first-order chi connectivity index (χ1) is 12.3. The van der Waals surface area contributed by atoms with E-state index in [0.29, 0.717) is 5.92 Å². The summed E-state index contributed by atoms with van der Waals surface area (Å²) in [5.74, 6) is -1.36. The summed E-state index contributed by atoms with van der Waals surface area (Å²) in [5.41, 5.74) is 1.92. The molecule has 140 valence electrons. The van der Waals surface area contributed by atoms with Gasteiger partial charge in [-0.25, -0.2) is 8.78 Å². The first-order valence-electron chi connectivity index (χ1n) is 8.86. The average Bonchev–Trinajstić information content (AvgIpc) is 2.58. The van der Waals surface area contributed by atoms with Crippen molar-refractivity contribution in [2.75, 3.05) is 11.9 Å². The van der Waals surface area contributed by atoms with Crippen LogP contribution in [0.1, 0.15) is 50.8 Å². The molecule has 0 radical (unpaired) electrons. The first kappa shape index (κ1) is 20.0. The highest BCUT2D eigenvalue weighted by Gasteiger charge is 2.18. The molecule has 0 saturated carbocycles. The fourth-order valence-corrected chi connectivity index (χ4v) is 2.83. The smallest absolute Gasteiger partial charge is 0.238 e. The molecule has 3 nitrogen and oxygen atoms in total. The Balaban J connectivity index is 2.03. The van der Waals surface area contributed by atoms with Crippen molar-refractivity contribution in [2.24, 2.45) is 5.92 Å². The van der Waals surface area contributed by atoms with Crippen LogP contribution in [0.15, 0.2) is 42.5 Å². The number of hydrogen-bond acceptors (Lipinski definition) is 2. The lowest BCUT2D eigenvalue weighted by molar-refractivity contribution is -0.115. The van der Waals surface area contributed by atoms with Gasteiger partial charge in [-0.05, 0) is 35.1 Å². The van der Waals surface area contributed by atoms with E-state index in [0.717, 1.165) is 17.7 Å². The molecule has 0 saturated heterocycles. The molecule has 0 aliphatic carbocycles. The molecule has 26 heavy (non-hydrogen) atoms. The number of hydrogen-bond donors (Lipinski definition) is 2. The van der Waals surface area contributed by atoms with Crippen LogP contribution in [-0.4, -0.2) is 12.5 Å². The summed E-state index contributed by atoms with van der Waals surface area (Å²) in [5, 5.41) is 5.48. The SMILES string of the molecule is CC(C)c1ccc([C@@H](NCC(=O)Nc2c(F)cccc2F)C(C)C)cc1. The minimum atomic E-state index is -0.789. The molecule has 0 aliphatic rings. The molecule has 2 aromatic rings. The van der Waals surface area contributed by atoms with E-state index >= 15 is 0 Å². The van der Waals surface area contributed by atoms with E-state index in [-0.39, 0.29) is 18.5 Å². The molecule has 0 unspecified atom stereocenters. The zero-order chi connectivity index (χ0) is 19.3. The summed E-state index contributed by atoms with van der Waals surface area (Å²) in [6, 6.07) is 11.7. The molecule has 0 aliphatic heterocycles. The second-order valence-corrected chi connectivity index (χ2v) is 7.07. The Kier molecular flexibility index (Phi) is 6.86. The molecule has 2 N–H and O–H groups in total. The van der Waals surface area contributed by atoms with Gasteiger partial charge in [-0.2, -0.15) is 0 Å². The molecule has 1 atom stereocenters. The summed E-state index contributed by atoms with van der Waals surface area (Å²) >= 11 is 0. The Morgan fingerprint density at radius 2 is 1.46 bits per heavy atom. The fourth-order valence-electron chi connectivity index (χ4n) is 2.83. The van der Waals surface area contributed by atoms with Crippen LogP contribution >= 0.6 is 0 Å². The summed E-state index contributed by atoms with van der Waals surface area (Å²) in [6.45, 7) is 8.35. The fraction of sp³-hybridized carbons (Fsp3) is 0.381. The number of halogens is 2. The van der Waals surface area contributed by atoms with Gasteiger partial charge in [0.1, 0.15) is 17.3 Å². The largest absolute Gasteiger partial charge is 0.320 e. The molecule has 0 bridgehead atoms. The van der Waals surface area contributed by atoms with Gasteiger partial charge in [-0.1, -0.05) is 58.0 Å². The molecule has 0 spiro atoms. The Morgan fingerprint density at radius 3 is 1.96 bits per heavy atom. The van der Waals surface area contributed by atoms with Gasteiger partial charge in [0.05, 0.1) is 6.54 Å². The van der Waals surface area contributed by atoms with Crippen LogP contribution in [0.25, 0.3) is 0 Å². The van der Waals surface area contributed by atoms with Gasteiger partial charge in [0, 0.05) is 6.04 Å². The van der Waals surface area contributed by atoms with Crippen LogP contribution < -0.4 is 10.6 Å². The van der Waals surface area contributed by atoms with Crippen molar-refractivity contribution < 1.29 is 13.6 Å². The van der Waals surface area contributed by atoms with Gasteiger partial charge in [0.25, 0.3) is 0 Å². The van der Waals surface area contributed by atoms with Gasteiger partial charge < -0.3 is 10.6 Å². The van der Waals surface area contributed by atoms with Crippen molar-refractivity contribution in [1.29, 1.82) is 0 Å². The van der Waals surface area contributed by atoms with Crippen LogP contribution in [0.4, 0.5) is 14.5 Å². The van der Waals surface area contributed by atoms with E-state index in [2.05, 4.69) is 62.6 Å². The molecule has 2 rings (SSSR count). The molecular weight excluding hydrogens is 334 g/mol. The van der Waals surface area contributed by atoms with E-state index in [9.17, 15) is 13.6 Å². The molecular formula is C21H26F2N2O. The average molecular weight is 360 g/mol. The van der Waals surface area contributed by atoms with E-state index in [1.165, 1.54) is 11.6 Å². The highest BCUT2D eigenvalue weighted by Crippen LogP contribution is 2.24. The molecule has 5 heteroatoms. The van der Waals surface area contributed by atoms with E-state index in [1.807, 2.05) is 0 Å². The first-order valence-corrected chi connectivity index (χ1v) is 8.86. The van der Waals surface area contributed by atoms with E-state index in [1.54, 1.807) is 0 Å². The van der Waals surface area contributed by atoms with Gasteiger partial charge in [0.2, 0.25) is 5.91 Å². The Bertz CT molecular complexity index is 722. The second kappa shape index (κ2) is 8.90. The molecule has 1 amide bonds. The predicted molar refractivity (Wildman–Crippen MR) is 101 cm³/mol. The Morgan fingerprint density at radius 1 is 0.923 bits per heavy atom.